The Morgan fingerprint density at radius 2 is 1.69 bits per heavy atom. The van der Waals surface area contributed by atoms with Crippen LogP contribution in [0.2, 0.25) is 5.02 Å². The van der Waals surface area contributed by atoms with E-state index in [-0.39, 0.29) is 12.5 Å². The van der Waals surface area contributed by atoms with E-state index in [1.54, 1.807) is 24.3 Å². The maximum absolute atomic E-state index is 13.3. The zero-order valence-corrected chi connectivity index (χ0v) is 17.1. The van der Waals surface area contributed by atoms with Crippen molar-refractivity contribution in [3.63, 3.8) is 0 Å². The molecule has 1 aliphatic carbocycles. The molecule has 0 unspecified atom stereocenters. The summed E-state index contributed by atoms with van der Waals surface area (Å²) in [7, 11) is 1.54. The molecule has 0 bridgehead atoms. The van der Waals surface area contributed by atoms with Crippen LogP contribution in [0.4, 0.5) is 16.2 Å². The maximum Gasteiger partial charge on any atom is 0.411 e. The lowest BCUT2D eigenvalue weighted by Gasteiger charge is -2.28. The summed E-state index contributed by atoms with van der Waals surface area (Å²) in [5.74, 6) is -0.0583. The van der Waals surface area contributed by atoms with E-state index in [1.165, 1.54) is 7.11 Å². The van der Waals surface area contributed by atoms with Gasteiger partial charge in [0.25, 0.3) is 0 Å². The van der Waals surface area contributed by atoms with Gasteiger partial charge in [-0.25, -0.2) is 4.79 Å². The van der Waals surface area contributed by atoms with Crippen molar-refractivity contribution in [2.75, 3.05) is 31.0 Å². The first-order valence-corrected chi connectivity index (χ1v) is 10.0. The lowest BCUT2D eigenvalue weighted by atomic mass is 9.78. The Morgan fingerprint density at radius 3 is 2.38 bits per heavy atom. The number of rotatable bonds is 7. The Balaban J connectivity index is 1.72. The second-order valence-electron chi connectivity index (χ2n) is 7.09. The van der Waals surface area contributed by atoms with E-state index in [0.29, 0.717) is 23.0 Å². The average molecular weight is 417 g/mol. The van der Waals surface area contributed by atoms with Gasteiger partial charge in [0.2, 0.25) is 5.91 Å². The Labute approximate surface area is 175 Å². The van der Waals surface area contributed by atoms with Gasteiger partial charge in [0.1, 0.15) is 6.61 Å². The Kier molecular flexibility index (Phi) is 7.12. The van der Waals surface area contributed by atoms with E-state index in [2.05, 4.69) is 10.6 Å². The van der Waals surface area contributed by atoms with Crippen molar-refractivity contribution in [1.29, 1.82) is 0 Å². The van der Waals surface area contributed by atoms with Crippen LogP contribution in [0.1, 0.15) is 31.2 Å². The van der Waals surface area contributed by atoms with Crippen LogP contribution in [0.25, 0.3) is 0 Å². The van der Waals surface area contributed by atoms with Gasteiger partial charge in [-0.1, -0.05) is 42.6 Å². The highest BCUT2D eigenvalue weighted by molar-refractivity contribution is 6.30. The van der Waals surface area contributed by atoms with Crippen LogP contribution in [0, 0.1) is 0 Å². The molecule has 29 heavy (non-hydrogen) atoms. The van der Waals surface area contributed by atoms with Gasteiger partial charge in [-0.15, -0.1) is 0 Å². The average Bonchev–Trinajstić information content (AvgIpc) is 3.20. The monoisotopic (exact) mass is 416 g/mol. The van der Waals surface area contributed by atoms with Gasteiger partial charge in [0.15, 0.2) is 0 Å². The van der Waals surface area contributed by atoms with Crippen LogP contribution in [0.5, 0.6) is 0 Å². The number of carbonyl (C=O) groups is 2. The summed E-state index contributed by atoms with van der Waals surface area (Å²) < 4.78 is 9.85. The first-order valence-electron chi connectivity index (χ1n) is 9.64. The van der Waals surface area contributed by atoms with Crippen LogP contribution in [0.15, 0.2) is 48.5 Å². The second-order valence-corrected chi connectivity index (χ2v) is 7.52. The van der Waals surface area contributed by atoms with Gasteiger partial charge in [0.05, 0.1) is 12.0 Å². The molecular weight excluding hydrogens is 392 g/mol. The predicted molar refractivity (Wildman–Crippen MR) is 114 cm³/mol. The van der Waals surface area contributed by atoms with Crippen LogP contribution < -0.4 is 10.6 Å². The third-order valence-electron chi connectivity index (χ3n) is 5.16. The van der Waals surface area contributed by atoms with E-state index in [4.69, 9.17) is 21.1 Å². The van der Waals surface area contributed by atoms with Crippen LogP contribution >= 0.6 is 11.6 Å². The number of hydrogen-bond acceptors (Lipinski definition) is 4. The smallest absolute Gasteiger partial charge is 0.411 e. The molecule has 0 saturated heterocycles. The van der Waals surface area contributed by atoms with Crippen molar-refractivity contribution in [3.8, 4) is 0 Å². The van der Waals surface area contributed by atoms with Crippen molar-refractivity contribution < 1.29 is 19.1 Å². The van der Waals surface area contributed by atoms with Gasteiger partial charge in [-0.3, -0.25) is 10.1 Å². The molecule has 2 N–H and O–H groups in total. The highest BCUT2D eigenvalue weighted by atomic mass is 35.5. The molecule has 1 aliphatic rings. The molecule has 2 amide bonds. The number of ether oxygens (including phenoxy) is 2. The molecule has 0 spiro atoms. The molecule has 0 atom stereocenters. The first-order chi connectivity index (χ1) is 14.0. The number of halogens is 1. The fourth-order valence-corrected chi connectivity index (χ4v) is 3.90. The fraction of sp³-hybridized carbons (Fsp3) is 0.364. The molecule has 0 aliphatic heterocycles. The topological polar surface area (TPSA) is 76.7 Å². The van der Waals surface area contributed by atoms with Crippen molar-refractivity contribution in [3.05, 3.63) is 59.1 Å². The SMILES string of the molecule is COCCOC(=O)Nc1cccc(NC(=O)C2(c3cccc(Cl)c3)CCCC2)c1. The van der Waals surface area contributed by atoms with Gasteiger partial charge < -0.3 is 14.8 Å². The van der Waals surface area contributed by atoms with E-state index >= 15 is 0 Å². The maximum atomic E-state index is 13.3. The number of amides is 2. The molecule has 154 valence electrons. The first kappa shape index (κ1) is 21.1. The zero-order valence-electron chi connectivity index (χ0n) is 16.4. The van der Waals surface area contributed by atoms with Crippen LogP contribution in [-0.2, 0) is 19.7 Å². The van der Waals surface area contributed by atoms with Crippen LogP contribution in [0.3, 0.4) is 0 Å². The summed E-state index contributed by atoms with van der Waals surface area (Å²) >= 11 is 6.17. The minimum Gasteiger partial charge on any atom is -0.447 e. The van der Waals surface area contributed by atoms with Gasteiger partial charge in [0, 0.05) is 23.5 Å². The Hall–Kier alpha value is -2.57. The molecule has 2 aromatic carbocycles. The quantitative estimate of drug-likeness (QED) is 0.623. The largest absolute Gasteiger partial charge is 0.447 e. The number of nitrogens with one attached hydrogen (secondary N) is 2. The summed E-state index contributed by atoms with van der Waals surface area (Å²) in [5.41, 5.74) is 1.50. The van der Waals surface area contributed by atoms with Crippen molar-refractivity contribution in [2.24, 2.45) is 0 Å². The Bertz CT molecular complexity index is 865. The highest BCUT2D eigenvalue weighted by Crippen LogP contribution is 2.42. The van der Waals surface area contributed by atoms with E-state index in [9.17, 15) is 9.59 Å². The lowest BCUT2D eigenvalue weighted by molar-refractivity contribution is -0.121. The molecule has 1 saturated carbocycles. The summed E-state index contributed by atoms with van der Waals surface area (Å²) in [6.07, 6.45) is 2.98. The molecule has 1 fully saturated rings. The molecular formula is C22H25ClN2O4. The molecule has 0 radical (unpaired) electrons. The summed E-state index contributed by atoms with van der Waals surface area (Å²) in [6, 6.07) is 14.5. The molecule has 2 aromatic rings. The number of carbonyl (C=O) groups excluding carboxylic acids is 2. The van der Waals surface area contributed by atoms with Crippen LogP contribution in [-0.4, -0.2) is 32.3 Å². The van der Waals surface area contributed by atoms with Crippen molar-refractivity contribution >= 4 is 35.0 Å². The molecule has 0 heterocycles. The predicted octanol–water partition coefficient (Wildman–Crippen LogP) is 4.99. The standard InChI is InChI=1S/C22H25ClN2O4/c1-28-12-13-29-21(27)25-19-9-5-8-18(15-19)24-20(26)22(10-2-3-11-22)16-6-4-7-17(23)14-16/h4-9,14-15H,2-3,10-13H2,1H3,(H,24,26)(H,25,27). The highest BCUT2D eigenvalue weighted by Gasteiger charge is 2.42. The summed E-state index contributed by atoms with van der Waals surface area (Å²) in [6.45, 7) is 0.496. The molecule has 6 nitrogen and oxygen atoms in total. The van der Waals surface area contributed by atoms with Gasteiger partial charge >= 0.3 is 6.09 Å². The summed E-state index contributed by atoms with van der Waals surface area (Å²) in [5, 5.41) is 6.29. The van der Waals surface area contributed by atoms with Gasteiger partial charge in [-0.05, 0) is 48.7 Å². The van der Waals surface area contributed by atoms with E-state index in [1.807, 2.05) is 24.3 Å². The number of methoxy groups -OCH3 is 1. The third kappa shape index (κ3) is 5.28. The number of hydrogen-bond donors (Lipinski definition) is 2. The molecule has 7 heteroatoms. The lowest BCUT2D eigenvalue weighted by Crippen LogP contribution is -2.38. The fourth-order valence-electron chi connectivity index (χ4n) is 3.71. The normalized spacial score (nSPS) is 15.0. The molecule has 0 aromatic heterocycles. The van der Waals surface area contributed by atoms with Crippen molar-refractivity contribution in [1.82, 2.24) is 0 Å². The van der Waals surface area contributed by atoms with Gasteiger partial charge in [-0.2, -0.15) is 0 Å². The molecule has 3 rings (SSSR count). The zero-order chi connectivity index (χ0) is 20.7. The van der Waals surface area contributed by atoms with E-state index in [0.717, 1.165) is 31.2 Å². The number of anilines is 2. The Morgan fingerprint density at radius 1 is 1.00 bits per heavy atom. The summed E-state index contributed by atoms with van der Waals surface area (Å²) in [4.78, 5) is 25.1. The number of benzene rings is 2. The van der Waals surface area contributed by atoms with E-state index < -0.39 is 11.5 Å². The minimum absolute atomic E-state index is 0.0583. The third-order valence-corrected chi connectivity index (χ3v) is 5.39. The second kappa shape index (κ2) is 9.76. The van der Waals surface area contributed by atoms with Crippen molar-refractivity contribution in [2.45, 2.75) is 31.1 Å². The minimum atomic E-state index is -0.590.